The van der Waals surface area contributed by atoms with Crippen LogP contribution in [-0.4, -0.2) is 0 Å². The van der Waals surface area contributed by atoms with E-state index in [-0.39, 0.29) is 0 Å². The van der Waals surface area contributed by atoms with E-state index in [0.717, 1.165) is 16.1 Å². The molecule has 1 nitrogen and oxygen atoms in total. The van der Waals surface area contributed by atoms with Gasteiger partial charge >= 0.3 is 0 Å². The molecule has 0 saturated carbocycles. The predicted octanol–water partition coefficient (Wildman–Crippen LogP) is 4.59. The van der Waals surface area contributed by atoms with E-state index in [1.807, 2.05) is 18.2 Å². The van der Waals surface area contributed by atoms with Crippen LogP contribution in [0.1, 0.15) is 30.9 Å². The first-order valence-corrected chi connectivity index (χ1v) is 6.58. The molecule has 0 amide bonds. The molecular formula is C16H18ClN. The Kier molecular flexibility index (Phi) is 4.05. The number of hydrogen-bond donors (Lipinski definition) is 1. The number of halogens is 1. The second-order valence-corrected chi connectivity index (χ2v) is 5.22. The van der Waals surface area contributed by atoms with Gasteiger partial charge in [0.05, 0.1) is 0 Å². The van der Waals surface area contributed by atoms with Gasteiger partial charge in [0.15, 0.2) is 0 Å². The van der Waals surface area contributed by atoms with Crippen LogP contribution in [0.4, 0.5) is 0 Å². The first-order chi connectivity index (χ1) is 8.61. The van der Waals surface area contributed by atoms with Crippen LogP contribution < -0.4 is 5.73 Å². The molecule has 0 radical (unpaired) electrons. The van der Waals surface area contributed by atoms with Crippen LogP contribution in [0, 0.1) is 0 Å². The highest BCUT2D eigenvalue weighted by atomic mass is 35.5. The summed E-state index contributed by atoms with van der Waals surface area (Å²) in [5.74, 6) is 0.549. The van der Waals surface area contributed by atoms with Crippen molar-refractivity contribution in [1.82, 2.24) is 0 Å². The molecule has 2 N–H and O–H groups in total. The van der Waals surface area contributed by atoms with E-state index < -0.39 is 0 Å². The second-order valence-electron chi connectivity index (χ2n) is 4.78. The molecule has 18 heavy (non-hydrogen) atoms. The SMILES string of the molecule is CC(C)c1ccc(-c2cc(Cl)ccc2CN)cc1. The van der Waals surface area contributed by atoms with Crippen molar-refractivity contribution in [2.45, 2.75) is 26.3 Å². The summed E-state index contributed by atoms with van der Waals surface area (Å²) >= 11 is 6.06. The molecule has 0 aromatic heterocycles. The van der Waals surface area contributed by atoms with Crippen LogP contribution in [0.2, 0.25) is 5.02 Å². The van der Waals surface area contributed by atoms with Crippen molar-refractivity contribution in [2.24, 2.45) is 5.73 Å². The first-order valence-electron chi connectivity index (χ1n) is 6.20. The molecule has 0 heterocycles. The lowest BCUT2D eigenvalue weighted by Crippen LogP contribution is -1.99. The Morgan fingerprint density at radius 3 is 2.28 bits per heavy atom. The quantitative estimate of drug-likeness (QED) is 0.857. The summed E-state index contributed by atoms with van der Waals surface area (Å²) in [6.45, 7) is 4.91. The highest BCUT2D eigenvalue weighted by molar-refractivity contribution is 6.30. The Morgan fingerprint density at radius 2 is 1.72 bits per heavy atom. The minimum absolute atomic E-state index is 0.526. The van der Waals surface area contributed by atoms with Crippen molar-refractivity contribution >= 4 is 11.6 Å². The number of nitrogens with two attached hydrogens (primary N) is 1. The molecule has 0 aliphatic rings. The van der Waals surface area contributed by atoms with Crippen LogP contribution in [0.25, 0.3) is 11.1 Å². The van der Waals surface area contributed by atoms with Gasteiger partial charge in [-0.2, -0.15) is 0 Å². The second kappa shape index (κ2) is 5.55. The fourth-order valence-electron chi connectivity index (χ4n) is 2.04. The standard InChI is InChI=1S/C16H18ClN/c1-11(2)12-3-5-13(6-4-12)16-9-15(17)8-7-14(16)10-18/h3-9,11H,10,18H2,1-2H3. The Bertz CT molecular complexity index is 529. The van der Waals surface area contributed by atoms with Crippen LogP contribution in [0.5, 0.6) is 0 Å². The Balaban J connectivity index is 2.44. The summed E-state index contributed by atoms with van der Waals surface area (Å²) in [7, 11) is 0. The lowest BCUT2D eigenvalue weighted by molar-refractivity contribution is 0.867. The summed E-state index contributed by atoms with van der Waals surface area (Å²) in [6, 6.07) is 14.5. The van der Waals surface area contributed by atoms with Gasteiger partial charge in [0, 0.05) is 11.6 Å². The first kappa shape index (κ1) is 13.1. The normalized spacial score (nSPS) is 10.9. The minimum atomic E-state index is 0.526. The Hall–Kier alpha value is -1.31. The Morgan fingerprint density at radius 1 is 1.06 bits per heavy atom. The fourth-order valence-corrected chi connectivity index (χ4v) is 2.22. The number of rotatable bonds is 3. The van der Waals surface area contributed by atoms with E-state index in [0.29, 0.717) is 12.5 Å². The summed E-state index contributed by atoms with van der Waals surface area (Å²) in [5.41, 5.74) is 10.5. The largest absolute Gasteiger partial charge is 0.326 e. The van der Waals surface area contributed by atoms with Crippen molar-refractivity contribution in [2.75, 3.05) is 0 Å². The zero-order valence-electron chi connectivity index (χ0n) is 10.8. The van der Waals surface area contributed by atoms with Gasteiger partial charge < -0.3 is 5.73 Å². The third-order valence-electron chi connectivity index (χ3n) is 3.18. The molecule has 0 saturated heterocycles. The summed E-state index contributed by atoms with van der Waals surface area (Å²) in [5, 5.41) is 0.745. The van der Waals surface area contributed by atoms with Crippen molar-refractivity contribution in [3.8, 4) is 11.1 Å². The van der Waals surface area contributed by atoms with Crippen molar-refractivity contribution in [3.05, 3.63) is 58.6 Å². The summed E-state index contributed by atoms with van der Waals surface area (Å²) in [4.78, 5) is 0. The van der Waals surface area contributed by atoms with Gasteiger partial charge in [-0.05, 0) is 40.3 Å². The van der Waals surface area contributed by atoms with E-state index in [1.54, 1.807) is 0 Å². The van der Waals surface area contributed by atoms with Gasteiger partial charge in [0.1, 0.15) is 0 Å². The topological polar surface area (TPSA) is 26.0 Å². The van der Waals surface area contributed by atoms with Crippen molar-refractivity contribution in [3.63, 3.8) is 0 Å². The van der Waals surface area contributed by atoms with Crippen LogP contribution in [0.3, 0.4) is 0 Å². The van der Waals surface area contributed by atoms with E-state index in [9.17, 15) is 0 Å². The number of hydrogen-bond acceptors (Lipinski definition) is 1. The lowest BCUT2D eigenvalue weighted by atomic mass is 9.96. The van der Waals surface area contributed by atoms with Crippen LogP contribution >= 0.6 is 11.6 Å². The summed E-state index contributed by atoms with van der Waals surface area (Å²) < 4.78 is 0. The third kappa shape index (κ3) is 2.74. The van der Waals surface area contributed by atoms with E-state index in [4.69, 9.17) is 17.3 Å². The van der Waals surface area contributed by atoms with Crippen molar-refractivity contribution in [1.29, 1.82) is 0 Å². The average Bonchev–Trinajstić information content (AvgIpc) is 2.39. The van der Waals surface area contributed by atoms with Crippen LogP contribution in [0.15, 0.2) is 42.5 Å². The molecule has 2 aromatic carbocycles. The molecule has 2 heteroatoms. The van der Waals surface area contributed by atoms with Gasteiger partial charge in [-0.25, -0.2) is 0 Å². The van der Waals surface area contributed by atoms with Gasteiger partial charge in [0.2, 0.25) is 0 Å². The molecule has 0 aliphatic carbocycles. The zero-order chi connectivity index (χ0) is 13.1. The molecule has 0 aliphatic heterocycles. The molecule has 0 unspecified atom stereocenters. The van der Waals surface area contributed by atoms with E-state index >= 15 is 0 Å². The zero-order valence-corrected chi connectivity index (χ0v) is 11.5. The maximum Gasteiger partial charge on any atom is 0.0412 e. The lowest BCUT2D eigenvalue weighted by Gasteiger charge is -2.11. The van der Waals surface area contributed by atoms with E-state index in [2.05, 4.69) is 38.1 Å². The van der Waals surface area contributed by atoms with E-state index in [1.165, 1.54) is 11.1 Å². The molecule has 0 fully saturated rings. The highest BCUT2D eigenvalue weighted by Crippen LogP contribution is 2.28. The minimum Gasteiger partial charge on any atom is -0.326 e. The molecule has 94 valence electrons. The van der Waals surface area contributed by atoms with Gasteiger partial charge in [0.25, 0.3) is 0 Å². The van der Waals surface area contributed by atoms with Gasteiger partial charge in [-0.3, -0.25) is 0 Å². The molecule has 0 atom stereocenters. The maximum absolute atomic E-state index is 6.06. The molecule has 2 aromatic rings. The van der Waals surface area contributed by atoms with Crippen LogP contribution in [-0.2, 0) is 6.54 Å². The molecule has 2 rings (SSSR count). The monoisotopic (exact) mass is 259 g/mol. The Labute approximate surface area is 114 Å². The average molecular weight is 260 g/mol. The predicted molar refractivity (Wildman–Crippen MR) is 78.9 cm³/mol. The van der Waals surface area contributed by atoms with Gasteiger partial charge in [-0.1, -0.05) is 55.8 Å². The third-order valence-corrected chi connectivity index (χ3v) is 3.42. The fraction of sp³-hybridized carbons (Fsp3) is 0.250. The maximum atomic E-state index is 6.06. The van der Waals surface area contributed by atoms with Crippen molar-refractivity contribution < 1.29 is 0 Å². The smallest absolute Gasteiger partial charge is 0.0412 e. The molecular weight excluding hydrogens is 242 g/mol. The molecule has 0 spiro atoms. The molecule has 0 bridgehead atoms. The highest BCUT2D eigenvalue weighted by Gasteiger charge is 2.06. The summed E-state index contributed by atoms with van der Waals surface area (Å²) in [6.07, 6.45) is 0. The number of benzene rings is 2. The van der Waals surface area contributed by atoms with Gasteiger partial charge in [-0.15, -0.1) is 0 Å².